The summed E-state index contributed by atoms with van der Waals surface area (Å²) in [6, 6.07) is 14.0. The minimum Gasteiger partial charge on any atom is -0.489 e. The van der Waals surface area contributed by atoms with E-state index in [2.05, 4.69) is 17.4 Å². The average Bonchev–Trinajstić information content (AvgIpc) is 2.42. The van der Waals surface area contributed by atoms with Gasteiger partial charge in [0.2, 0.25) is 0 Å². The summed E-state index contributed by atoms with van der Waals surface area (Å²) in [5.41, 5.74) is 3.54. The molecule has 0 bridgehead atoms. The normalized spacial score (nSPS) is 10.5. The van der Waals surface area contributed by atoms with Crippen molar-refractivity contribution in [2.75, 3.05) is 7.05 Å². The third-order valence-electron chi connectivity index (χ3n) is 3.02. The molecule has 0 unspecified atom stereocenters. The van der Waals surface area contributed by atoms with Crippen molar-refractivity contribution in [1.29, 1.82) is 0 Å². The third-order valence-corrected chi connectivity index (χ3v) is 3.25. The second-order valence-electron chi connectivity index (χ2n) is 4.50. The molecule has 0 fully saturated rings. The SMILES string of the molecule is CNCc1ccccc1COc1cc(Cl)ccc1C. The number of hydrogen-bond acceptors (Lipinski definition) is 2. The second-order valence-corrected chi connectivity index (χ2v) is 4.93. The summed E-state index contributed by atoms with van der Waals surface area (Å²) in [7, 11) is 1.94. The van der Waals surface area contributed by atoms with Crippen LogP contribution in [0.3, 0.4) is 0 Å². The molecule has 0 aliphatic rings. The van der Waals surface area contributed by atoms with Gasteiger partial charge in [0, 0.05) is 11.6 Å². The van der Waals surface area contributed by atoms with Crippen LogP contribution in [0.15, 0.2) is 42.5 Å². The van der Waals surface area contributed by atoms with Crippen molar-refractivity contribution in [3.63, 3.8) is 0 Å². The molecule has 2 nitrogen and oxygen atoms in total. The van der Waals surface area contributed by atoms with E-state index in [-0.39, 0.29) is 0 Å². The van der Waals surface area contributed by atoms with Gasteiger partial charge < -0.3 is 10.1 Å². The number of hydrogen-bond donors (Lipinski definition) is 1. The van der Waals surface area contributed by atoms with Crippen LogP contribution in [-0.4, -0.2) is 7.05 Å². The lowest BCUT2D eigenvalue weighted by atomic mass is 10.1. The average molecular weight is 276 g/mol. The van der Waals surface area contributed by atoms with E-state index in [1.807, 2.05) is 44.3 Å². The van der Waals surface area contributed by atoms with Gasteiger partial charge in [-0.3, -0.25) is 0 Å². The van der Waals surface area contributed by atoms with Crippen LogP contribution in [0, 0.1) is 6.92 Å². The van der Waals surface area contributed by atoms with Crippen molar-refractivity contribution in [3.05, 3.63) is 64.2 Å². The number of benzene rings is 2. The molecular formula is C16H18ClNO. The number of aryl methyl sites for hydroxylation is 1. The van der Waals surface area contributed by atoms with Crippen LogP contribution in [0.25, 0.3) is 0 Å². The predicted octanol–water partition coefficient (Wildman–Crippen LogP) is 3.95. The highest BCUT2D eigenvalue weighted by Crippen LogP contribution is 2.24. The van der Waals surface area contributed by atoms with Gasteiger partial charge in [-0.1, -0.05) is 41.9 Å². The van der Waals surface area contributed by atoms with Crippen LogP contribution < -0.4 is 10.1 Å². The third kappa shape index (κ3) is 3.72. The smallest absolute Gasteiger partial charge is 0.124 e. The van der Waals surface area contributed by atoms with Crippen LogP contribution in [0.5, 0.6) is 5.75 Å². The zero-order chi connectivity index (χ0) is 13.7. The Hall–Kier alpha value is -1.51. The summed E-state index contributed by atoms with van der Waals surface area (Å²) in [5, 5.41) is 3.86. The van der Waals surface area contributed by atoms with Gasteiger partial charge in [-0.15, -0.1) is 0 Å². The monoisotopic (exact) mass is 275 g/mol. The topological polar surface area (TPSA) is 21.3 Å². The molecule has 3 heteroatoms. The fourth-order valence-electron chi connectivity index (χ4n) is 1.95. The van der Waals surface area contributed by atoms with Gasteiger partial charge in [0.25, 0.3) is 0 Å². The van der Waals surface area contributed by atoms with E-state index in [1.165, 1.54) is 11.1 Å². The highest BCUT2D eigenvalue weighted by atomic mass is 35.5. The lowest BCUT2D eigenvalue weighted by Gasteiger charge is -2.12. The van der Waals surface area contributed by atoms with E-state index in [0.717, 1.165) is 17.9 Å². The van der Waals surface area contributed by atoms with Crippen molar-refractivity contribution in [3.8, 4) is 5.75 Å². The largest absolute Gasteiger partial charge is 0.489 e. The lowest BCUT2D eigenvalue weighted by Crippen LogP contribution is -2.09. The van der Waals surface area contributed by atoms with E-state index in [1.54, 1.807) is 0 Å². The minimum atomic E-state index is 0.555. The summed E-state index contributed by atoms with van der Waals surface area (Å²) >= 11 is 5.99. The lowest BCUT2D eigenvalue weighted by molar-refractivity contribution is 0.302. The first-order chi connectivity index (χ1) is 9.20. The van der Waals surface area contributed by atoms with Crippen molar-refractivity contribution in [2.24, 2.45) is 0 Å². The molecule has 0 aromatic heterocycles. The van der Waals surface area contributed by atoms with Gasteiger partial charge in [0.15, 0.2) is 0 Å². The van der Waals surface area contributed by atoms with Gasteiger partial charge in [0.05, 0.1) is 0 Å². The van der Waals surface area contributed by atoms with Crippen LogP contribution in [0.4, 0.5) is 0 Å². The maximum Gasteiger partial charge on any atom is 0.124 e. The van der Waals surface area contributed by atoms with Gasteiger partial charge in [-0.25, -0.2) is 0 Å². The first-order valence-electron chi connectivity index (χ1n) is 6.31. The van der Waals surface area contributed by atoms with Crippen molar-refractivity contribution < 1.29 is 4.74 Å². The van der Waals surface area contributed by atoms with Crippen LogP contribution in [-0.2, 0) is 13.2 Å². The molecule has 2 rings (SSSR count). The molecule has 2 aromatic rings. The standard InChI is InChI=1S/C16H18ClNO/c1-12-7-8-15(17)9-16(12)19-11-14-6-4-3-5-13(14)10-18-2/h3-9,18H,10-11H2,1-2H3. The van der Waals surface area contributed by atoms with Gasteiger partial charge in [-0.05, 0) is 42.8 Å². The van der Waals surface area contributed by atoms with Crippen LogP contribution in [0.1, 0.15) is 16.7 Å². The molecule has 0 aliphatic carbocycles. The molecule has 0 atom stereocenters. The molecule has 0 amide bonds. The molecule has 100 valence electrons. The highest BCUT2D eigenvalue weighted by Gasteiger charge is 2.04. The molecule has 0 saturated heterocycles. The van der Waals surface area contributed by atoms with E-state index in [0.29, 0.717) is 11.6 Å². The summed E-state index contributed by atoms with van der Waals surface area (Å²) < 4.78 is 5.88. The number of halogens is 1. The first kappa shape index (κ1) is 13.9. The molecule has 0 heterocycles. The Balaban J connectivity index is 2.12. The van der Waals surface area contributed by atoms with E-state index in [4.69, 9.17) is 16.3 Å². The number of ether oxygens (including phenoxy) is 1. The van der Waals surface area contributed by atoms with Crippen LogP contribution in [0.2, 0.25) is 5.02 Å². The minimum absolute atomic E-state index is 0.555. The summed E-state index contributed by atoms with van der Waals surface area (Å²) in [6.45, 7) is 3.41. The van der Waals surface area contributed by atoms with Crippen molar-refractivity contribution in [1.82, 2.24) is 5.32 Å². The quantitative estimate of drug-likeness (QED) is 0.892. The Labute approximate surface area is 119 Å². The zero-order valence-corrected chi connectivity index (χ0v) is 12.0. The second kappa shape index (κ2) is 6.60. The molecule has 0 saturated carbocycles. The maximum atomic E-state index is 5.99. The van der Waals surface area contributed by atoms with E-state index >= 15 is 0 Å². The number of nitrogens with one attached hydrogen (secondary N) is 1. The molecular weight excluding hydrogens is 258 g/mol. The van der Waals surface area contributed by atoms with Gasteiger partial charge in [-0.2, -0.15) is 0 Å². The molecule has 1 N–H and O–H groups in total. The van der Waals surface area contributed by atoms with Crippen molar-refractivity contribution >= 4 is 11.6 Å². The zero-order valence-electron chi connectivity index (χ0n) is 11.2. The highest BCUT2D eigenvalue weighted by molar-refractivity contribution is 6.30. The van der Waals surface area contributed by atoms with E-state index < -0.39 is 0 Å². The Morgan fingerprint density at radius 3 is 2.58 bits per heavy atom. The molecule has 0 aliphatic heterocycles. The maximum absolute atomic E-state index is 5.99. The first-order valence-corrected chi connectivity index (χ1v) is 6.69. The Morgan fingerprint density at radius 1 is 1.11 bits per heavy atom. The van der Waals surface area contributed by atoms with E-state index in [9.17, 15) is 0 Å². The Kier molecular flexibility index (Phi) is 4.83. The summed E-state index contributed by atoms with van der Waals surface area (Å²) in [5.74, 6) is 0.840. The number of rotatable bonds is 5. The Bertz CT molecular complexity index is 554. The van der Waals surface area contributed by atoms with Crippen LogP contribution >= 0.6 is 11.6 Å². The fourth-order valence-corrected chi connectivity index (χ4v) is 2.11. The molecule has 0 radical (unpaired) electrons. The fraction of sp³-hybridized carbons (Fsp3) is 0.250. The predicted molar refractivity (Wildman–Crippen MR) is 79.7 cm³/mol. The molecule has 2 aromatic carbocycles. The molecule has 19 heavy (non-hydrogen) atoms. The van der Waals surface area contributed by atoms with Crippen molar-refractivity contribution in [2.45, 2.75) is 20.1 Å². The molecule has 0 spiro atoms. The summed E-state index contributed by atoms with van der Waals surface area (Å²) in [4.78, 5) is 0. The van der Waals surface area contributed by atoms with Gasteiger partial charge in [0.1, 0.15) is 12.4 Å². The summed E-state index contributed by atoms with van der Waals surface area (Å²) in [6.07, 6.45) is 0. The van der Waals surface area contributed by atoms with Gasteiger partial charge >= 0.3 is 0 Å². The Morgan fingerprint density at radius 2 is 1.84 bits per heavy atom.